The van der Waals surface area contributed by atoms with Gasteiger partial charge in [-0.1, -0.05) is 46.9 Å². The number of hydrogen-bond acceptors (Lipinski definition) is 8. The molecule has 4 heterocycles. The van der Waals surface area contributed by atoms with E-state index in [1.165, 1.54) is 21.2 Å². The van der Waals surface area contributed by atoms with Crippen LogP contribution in [0.2, 0.25) is 0 Å². The van der Waals surface area contributed by atoms with Crippen molar-refractivity contribution in [1.29, 1.82) is 0 Å². The zero-order valence-corrected chi connectivity index (χ0v) is 23.2. The van der Waals surface area contributed by atoms with Gasteiger partial charge in [0.05, 0.1) is 23.7 Å². The molecule has 3 amide bonds. The van der Waals surface area contributed by atoms with Crippen LogP contribution in [-0.2, 0) is 20.9 Å². The topological polar surface area (TPSA) is 111 Å². The van der Waals surface area contributed by atoms with Gasteiger partial charge in [-0.25, -0.2) is 4.90 Å². The van der Waals surface area contributed by atoms with E-state index in [9.17, 15) is 19.2 Å². The van der Waals surface area contributed by atoms with Crippen LogP contribution < -0.4 is 19.8 Å². The fourth-order valence-electron chi connectivity index (χ4n) is 5.14. The van der Waals surface area contributed by atoms with Crippen molar-refractivity contribution >= 4 is 52.2 Å². The number of ether oxygens (including phenoxy) is 1. The van der Waals surface area contributed by atoms with E-state index in [-0.39, 0.29) is 29.1 Å². The monoisotopic (exact) mass is 572 g/mol. The number of hydrogen-bond donors (Lipinski definition) is 1. The first-order valence-electron chi connectivity index (χ1n) is 12.5. The average molecular weight is 573 g/mol. The second-order valence-corrected chi connectivity index (χ2v) is 11.7. The lowest BCUT2D eigenvalue weighted by Gasteiger charge is -2.30. The highest BCUT2D eigenvalue weighted by atomic mass is 32.2. The lowest BCUT2D eigenvalue weighted by Crippen LogP contribution is -2.33. The van der Waals surface area contributed by atoms with E-state index in [0.717, 1.165) is 22.5 Å². The summed E-state index contributed by atoms with van der Waals surface area (Å²) >= 11 is 2.19. The van der Waals surface area contributed by atoms with Gasteiger partial charge in [-0.3, -0.25) is 28.7 Å². The van der Waals surface area contributed by atoms with Crippen molar-refractivity contribution in [1.82, 2.24) is 9.55 Å². The van der Waals surface area contributed by atoms with E-state index in [1.54, 1.807) is 62.0 Å². The molecule has 1 fully saturated rings. The summed E-state index contributed by atoms with van der Waals surface area (Å²) in [6.07, 6.45) is 3.30. The van der Waals surface area contributed by atoms with Gasteiger partial charge in [-0.2, -0.15) is 0 Å². The molecule has 40 heavy (non-hydrogen) atoms. The van der Waals surface area contributed by atoms with Gasteiger partial charge in [0.15, 0.2) is 0 Å². The number of pyridine rings is 1. The molecule has 9 nitrogen and oxygen atoms in total. The van der Waals surface area contributed by atoms with Gasteiger partial charge in [-0.05, 0) is 55.0 Å². The summed E-state index contributed by atoms with van der Waals surface area (Å²) in [6, 6.07) is 17.8. The van der Waals surface area contributed by atoms with E-state index in [1.807, 2.05) is 25.1 Å². The predicted molar refractivity (Wildman–Crippen MR) is 153 cm³/mol. The fourth-order valence-corrected chi connectivity index (χ4v) is 7.91. The molecule has 4 aromatic rings. The number of amides is 3. The molecular weight excluding hydrogens is 548 g/mol. The number of carbonyl (C=O) groups excluding carboxylic acids is 3. The number of nitrogens with zero attached hydrogens (tertiary/aromatic N) is 3. The highest BCUT2D eigenvalue weighted by Crippen LogP contribution is 2.53. The summed E-state index contributed by atoms with van der Waals surface area (Å²) < 4.78 is 6.55. The summed E-state index contributed by atoms with van der Waals surface area (Å²) in [5.74, 6) is -1.64. The van der Waals surface area contributed by atoms with Crippen LogP contribution in [0.4, 0.5) is 11.4 Å². The number of aryl methyl sites for hydroxylation is 1. The van der Waals surface area contributed by atoms with Gasteiger partial charge in [0, 0.05) is 28.9 Å². The molecule has 1 N–H and O–H groups in total. The van der Waals surface area contributed by atoms with Gasteiger partial charge in [0.25, 0.3) is 0 Å². The summed E-state index contributed by atoms with van der Waals surface area (Å²) in [5, 5.41) is 2.58. The number of thiazole rings is 1. The number of rotatable bonds is 6. The van der Waals surface area contributed by atoms with Crippen LogP contribution in [0.1, 0.15) is 21.9 Å². The predicted octanol–water partition coefficient (Wildman–Crippen LogP) is 4.06. The normalized spacial score (nSPS) is 19.8. The third-order valence-electron chi connectivity index (χ3n) is 7.06. The molecule has 11 heteroatoms. The number of carbonyl (C=O) groups is 3. The van der Waals surface area contributed by atoms with Crippen molar-refractivity contribution in [3.8, 4) is 5.75 Å². The number of fused-ring (bicyclic) bond motifs is 2. The van der Waals surface area contributed by atoms with Crippen molar-refractivity contribution < 1.29 is 19.1 Å². The maximum absolute atomic E-state index is 13.9. The van der Waals surface area contributed by atoms with Crippen LogP contribution in [0.3, 0.4) is 0 Å². The molecule has 2 aromatic carbocycles. The molecule has 2 aliphatic rings. The first kappa shape index (κ1) is 26.0. The average Bonchev–Trinajstić information content (AvgIpc) is 3.40. The number of thioether (sulfide) groups is 1. The second kappa shape index (κ2) is 10.4. The van der Waals surface area contributed by atoms with Crippen molar-refractivity contribution in [2.45, 2.75) is 29.7 Å². The Kier molecular flexibility index (Phi) is 6.77. The molecule has 2 aromatic heterocycles. The van der Waals surface area contributed by atoms with Crippen LogP contribution in [0.15, 0.2) is 82.9 Å². The van der Waals surface area contributed by atoms with Gasteiger partial charge in [-0.15, -0.1) is 0 Å². The lowest BCUT2D eigenvalue weighted by molar-refractivity contribution is -0.122. The lowest BCUT2D eigenvalue weighted by atomic mass is 9.84. The van der Waals surface area contributed by atoms with Gasteiger partial charge in [0.2, 0.25) is 17.7 Å². The Morgan fingerprint density at radius 1 is 1.02 bits per heavy atom. The molecular formula is C29H24N4O5S2. The van der Waals surface area contributed by atoms with E-state index >= 15 is 0 Å². The number of nitrogens with one attached hydrogen (secondary N) is 1. The Hall–Kier alpha value is -4.22. The third kappa shape index (κ3) is 4.50. The Morgan fingerprint density at radius 2 is 1.77 bits per heavy atom. The SMILES string of the molecule is COc1ccc(NC(=O)Cn2c3c(sc2=O)[C@@H](c2cccnc2)C2C(=O)N(c4ccc(C)cc4)C(=O)C2S3)cc1. The highest BCUT2D eigenvalue weighted by Gasteiger charge is 2.56. The molecule has 3 atom stereocenters. The molecule has 202 valence electrons. The minimum atomic E-state index is -0.753. The third-order valence-corrected chi connectivity index (χ3v) is 9.66. The summed E-state index contributed by atoms with van der Waals surface area (Å²) in [4.78, 5) is 59.7. The van der Waals surface area contributed by atoms with Gasteiger partial charge in [0.1, 0.15) is 17.5 Å². The highest BCUT2D eigenvalue weighted by molar-refractivity contribution is 8.00. The van der Waals surface area contributed by atoms with Crippen molar-refractivity contribution in [3.63, 3.8) is 0 Å². The van der Waals surface area contributed by atoms with E-state index in [2.05, 4.69) is 10.3 Å². The standard InChI is InChI=1S/C29H24N4O5S2/c1-16-5-9-19(10-6-16)33-26(35)23-22(17-4-3-13-30-14-17)25-28(39-24(23)27(33)36)32(29(37)40-25)15-21(34)31-18-7-11-20(38-2)12-8-18/h3-14,22-24H,15H2,1-2H3,(H,31,34)/t22-,23?,24?/m0/s1. The summed E-state index contributed by atoms with van der Waals surface area (Å²) in [5.41, 5.74) is 2.83. The Labute approximate surface area is 237 Å². The number of aromatic nitrogens is 2. The van der Waals surface area contributed by atoms with Gasteiger partial charge >= 0.3 is 4.87 Å². The zero-order valence-electron chi connectivity index (χ0n) is 21.6. The minimum Gasteiger partial charge on any atom is -0.497 e. The largest absolute Gasteiger partial charge is 0.497 e. The Bertz CT molecular complexity index is 1670. The first-order chi connectivity index (χ1) is 19.4. The maximum Gasteiger partial charge on any atom is 0.308 e. The summed E-state index contributed by atoms with van der Waals surface area (Å²) in [6.45, 7) is 1.71. The molecule has 0 aliphatic carbocycles. The quantitative estimate of drug-likeness (QED) is 0.347. The van der Waals surface area contributed by atoms with Crippen LogP contribution in [0.25, 0.3) is 0 Å². The van der Waals surface area contributed by atoms with E-state index in [0.29, 0.717) is 27.0 Å². The first-order valence-corrected chi connectivity index (χ1v) is 14.2. The van der Waals surface area contributed by atoms with Crippen LogP contribution in [0, 0.1) is 12.8 Å². The van der Waals surface area contributed by atoms with Crippen LogP contribution in [0.5, 0.6) is 5.75 Å². The van der Waals surface area contributed by atoms with Crippen LogP contribution in [-0.4, -0.2) is 39.6 Å². The number of methoxy groups -OCH3 is 1. The summed E-state index contributed by atoms with van der Waals surface area (Å²) in [7, 11) is 1.56. The zero-order chi connectivity index (χ0) is 28.0. The Balaban J connectivity index is 1.37. The number of anilines is 2. The molecule has 2 unspecified atom stereocenters. The van der Waals surface area contributed by atoms with Crippen molar-refractivity contribution in [2.75, 3.05) is 17.3 Å². The minimum absolute atomic E-state index is 0.231. The van der Waals surface area contributed by atoms with E-state index in [4.69, 9.17) is 4.74 Å². The number of benzene rings is 2. The number of imide groups is 1. The Morgan fingerprint density at radius 3 is 2.45 bits per heavy atom. The van der Waals surface area contributed by atoms with Crippen molar-refractivity contribution in [3.05, 3.63) is 98.7 Å². The maximum atomic E-state index is 13.9. The molecule has 0 saturated carbocycles. The molecule has 0 spiro atoms. The molecule has 1 saturated heterocycles. The smallest absolute Gasteiger partial charge is 0.308 e. The van der Waals surface area contributed by atoms with E-state index < -0.39 is 17.1 Å². The molecule has 6 rings (SSSR count). The molecule has 0 bridgehead atoms. The van der Waals surface area contributed by atoms with Gasteiger partial charge < -0.3 is 10.1 Å². The van der Waals surface area contributed by atoms with Crippen LogP contribution >= 0.6 is 23.1 Å². The molecule has 0 radical (unpaired) electrons. The molecule has 2 aliphatic heterocycles. The fraction of sp³-hybridized carbons (Fsp3) is 0.207. The second-order valence-electron chi connectivity index (χ2n) is 9.58. The van der Waals surface area contributed by atoms with Crippen molar-refractivity contribution in [2.24, 2.45) is 5.92 Å².